The largest absolute Gasteiger partial charge is 0.493 e. The number of nitrogens with zero attached hydrogens (tertiary/aromatic N) is 4. The second kappa shape index (κ2) is 10.5. The van der Waals surface area contributed by atoms with E-state index in [0.29, 0.717) is 5.56 Å². The van der Waals surface area contributed by atoms with Crippen LogP contribution >= 0.6 is 0 Å². The zero-order valence-electron chi connectivity index (χ0n) is 17.8. The highest BCUT2D eigenvalue weighted by molar-refractivity contribution is 5.95. The number of methoxy groups -OCH3 is 1. The lowest BCUT2D eigenvalue weighted by Gasteiger charge is -2.11. The molecule has 0 aliphatic rings. The molecular weight excluding hydrogens is 466 g/mol. The normalized spacial score (nSPS) is 10.5. The molecule has 0 bridgehead atoms. The number of nitro benzene ring substituents is 3. The van der Waals surface area contributed by atoms with Crippen LogP contribution in [-0.2, 0) is 0 Å². The van der Waals surface area contributed by atoms with Gasteiger partial charge >= 0.3 is 5.69 Å². The highest BCUT2D eigenvalue weighted by Gasteiger charge is 2.22. The van der Waals surface area contributed by atoms with Crippen molar-refractivity contribution in [3.63, 3.8) is 0 Å². The Labute approximate surface area is 195 Å². The summed E-state index contributed by atoms with van der Waals surface area (Å²) >= 11 is 0. The molecule has 0 aliphatic heterocycles. The highest BCUT2D eigenvalue weighted by Crippen LogP contribution is 2.38. The third-order valence-corrected chi connectivity index (χ3v) is 4.46. The summed E-state index contributed by atoms with van der Waals surface area (Å²) in [7, 11) is 1.33. The fraction of sp³-hybridized carbons (Fsp3) is 0.0476. The summed E-state index contributed by atoms with van der Waals surface area (Å²) in [4.78, 5) is 43.0. The lowest BCUT2D eigenvalue weighted by molar-refractivity contribution is -0.394. The van der Waals surface area contributed by atoms with Crippen LogP contribution in [0.5, 0.6) is 17.2 Å². The van der Waals surface area contributed by atoms with Crippen LogP contribution in [0.15, 0.2) is 65.8 Å². The maximum atomic E-state index is 12.2. The number of non-ortho nitro benzene ring substituents is 2. The van der Waals surface area contributed by atoms with E-state index in [0.717, 1.165) is 24.3 Å². The summed E-state index contributed by atoms with van der Waals surface area (Å²) in [5.41, 5.74) is 1.44. The van der Waals surface area contributed by atoms with E-state index in [1.54, 1.807) is 0 Å². The Balaban J connectivity index is 1.76. The van der Waals surface area contributed by atoms with Gasteiger partial charge < -0.3 is 9.47 Å². The summed E-state index contributed by atoms with van der Waals surface area (Å²) in [6.07, 6.45) is 1.27. The van der Waals surface area contributed by atoms with E-state index in [4.69, 9.17) is 9.47 Å². The minimum absolute atomic E-state index is 0.0439. The SMILES string of the molecule is COc1cc(C=NNC(=O)c2cccc([N+](=O)[O-])c2)ccc1Oc1ccc([N+](=O)[O-])cc1[N+](=O)[O-]. The number of hydrogen-bond donors (Lipinski definition) is 1. The lowest BCUT2D eigenvalue weighted by atomic mass is 10.2. The standard InChI is InChI=1S/C21H15N5O9/c1-34-20-9-13(12-22-23-21(27)14-3-2-4-15(10-14)24(28)29)5-7-19(20)35-18-8-6-16(25(30)31)11-17(18)26(32)33/h2-12H,1H3,(H,23,27). The minimum Gasteiger partial charge on any atom is -0.493 e. The molecular formula is C21H15N5O9. The summed E-state index contributed by atoms with van der Waals surface area (Å²) < 4.78 is 10.8. The second-order valence-corrected chi connectivity index (χ2v) is 6.69. The molecule has 1 N–H and O–H groups in total. The monoisotopic (exact) mass is 481 g/mol. The molecule has 3 aromatic carbocycles. The molecule has 0 aliphatic carbocycles. The van der Waals surface area contributed by atoms with Crippen LogP contribution in [0.3, 0.4) is 0 Å². The molecule has 0 heterocycles. The molecule has 0 saturated carbocycles. The van der Waals surface area contributed by atoms with Gasteiger partial charge in [-0.05, 0) is 35.9 Å². The molecule has 35 heavy (non-hydrogen) atoms. The van der Waals surface area contributed by atoms with E-state index < -0.39 is 32.1 Å². The number of rotatable bonds is 9. The van der Waals surface area contributed by atoms with Gasteiger partial charge in [-0.25, -0.2) is 5.43 Å². The van der Waals surface area contributed by atoms with Gasteiger partial charge in [-0.3, -0.25) is 35.1 Å². The zero-order chi connectivity index (χ0) is 25.5. The molecule has 0 saturated heterocycles. The Morgan fingerprint density at radius 1 is 0.857 bits per heavy atom. The van der Waals surface area contributed by atoms with Crippen LogP contribution in [-0.4, -0.2) is 34.0 Å². The highest BCUT2D eigenvalue weighted by atomic mass is 16.6. The lowest BCUT2D eigenvalue weighted by Crippen LogP contribution is -2.17. The van der Waals surface area contributed by atoms with E-state index in [1.165, 1.54) is 49.7 Å². The van der Waals surface area contributed by atoms with Gasteiger partial charge in [-0.2, -0.15) is 5.10 Å². The summed E-state index contributed by atoms with van der Waals surface area (Å²) in [5.74, 6) is -0.652. The number of ether oxygens (including phenoxy) is 2. The van der Waals surface area contributed by atoms with Gasteiger partial charge in [0.1, 0.15) is 0 Å². The summed E-state index contributed by atoms with van der Waals surface area (Å²) in [6.45, 7) is 0. The molecule has 0 aromatic heterocycles. The van der Waals surface area contributed by atoms with Crippen molar-refractivity contribution in [2.45, 2.75) is 0 Å². The van der Waals surface area contributed by atoms with Crippen molar-refractivity contribution >= 4 is 29.2 Å². The van der Waals surface area contributed by atoms with Gasteiger partial charge in [0, 0.05) is 23.8 Å². The smallest absolute Gasteiger partial charge is 0.318 e. The van der Waals surface area contributed by atoms with Crippen molar-refractivity contribution in [1.82, 2.24) is 5.43 Å². The fourth-order valence-electron chi connectivity index (χ4n) is 2.81. The number of carbonyl (C=O) groups is 1. The molecule has 14 nitrogen and oxygen atoms in total. The molecule has 3 rings (SSSR count). The predicted octanol–water partition coefficient (Wildman–Crippen LogP) is 3.98. The van der Waals surface area contributed by atoms with Crippen LogP contribution in [0.1, 0.15) is 15.9 Å². The molecule has 3 aromatic rings. The van der Waals surface area contributed by atoms with Crippen LogP contribution in [0, 0.1) is 30.3 Å². The number of amides is 1. The molecule has 0 atom stereocenters. The molecule has 0 unspecified atom stereocenters. The van der Waals surface area contributed by atoms with Crippen molar-refractivity contribution in [3.05, 3.63) is 102 Å². The van der Waals surface area contributed by atoms with Crippen LogP contribution in [0.4, 0.5) is 17.1 Å². The molecule has 178 valence electrons. The number of benzene rings is 3. The predicted molar refractivity (Wildman–Crippen MR) is 121 cm³/mol. The van der Waals surface area contributed by atoms with Gasteiger partial charge in [0.05, 0.1) is 34.2 Å². The number of nitrogens with one attached hydrogen (secondary N) is 1. The molecule has 14 heteroatoms. The van der Waals surface area contributed by atoms with Crippen LogP contribution < -0.4 is 14.9 Å². The zero-order valence-corrected chi connectivity index (χ0v) is 17.8. The Morgan fingerprint density at radius 3 is 2.20 bits per heavy atom. The Hall–Kier alpha value is -5.40. The van der Waals surface area contributed by atoms with Crippen molar-refractivity contribution in [3.8, 4) is 17.2 Å². The van der Waals surface area contributed by atoms with E-state index in [-0.39, 0.29) is 28.5 Å². The van der Waals surface area contributed by atoms with Crippen LogP contribution in [0.25, 0.3) is 0 Å². The Morgan fingerprint density at radius 2 is 1.54 bits per heavy atom. The van der Waals surface area contributed by atoms with Gasteiger partial charge in [-0.15, -0.1) is 0 Å². The third-order valence-electron chi connectivity index (χ3n) is 4.46. The fourth-order valence-corrected chi connectivity index (χ4v) is 2.81. The number of hydrogen-bond acceptors (Lipinski definition) is 10. The average Bonchev–Trinajstić information content (AvgIpc) is 2.84. The second-order valence-electron chi connectivity index (χ2n) is 6.69. The molecule has 1 amide bonds. The van der Waals surface area contributed by atoms with Crippen LogP contribution in [0.2, 0.25) is 0 Å². The number of carbonyl (C=O) groups excluding carboxylic acids is 1. The Kier molecular flexibility index (Phi) is 7.26. The molecule has 0 spiro atoms. The van der Waals surface area contributed by atoms with Gasteiger partial charge in [-0.1, -0.05) is 6.07 Å². The average molecular weight is 481 g/mol. The minimum atomic E-state index is -0.806. The maximum Gasteiger partial charge on any atom is 0.318 e. The summed E-state index contributed by atoms with van der Waals surface area (Å²) in [5, 5.41) is 36.8. The summed E-state index contributed by atoms with van der Waals surface area (Å²) in [6, 6.07) is 12.5. The van der Waals surface area contributed by atoms with Gasteiger partial charge in [0.2, 0.25) is 5.75 Å². The Bertz CT molecular complexity index is 1360. The first-order valence-corrected chi connectivity index (χ1v) is 9.56. The van der Waals surface area contributed by atoms with Crippen molar-refractivity contribution in [2.75, 3.05) is 7.11 Å². The van der Waals surface area contributed by atoms with Gasteiger partial charge in [0.15, 0.2) is 11.5 Å². The molecule has 0 radical (unpaired) electrons. The third kappa shape index (κ3) is 5.89. The van der Waals surface area contributed by atoms with E-state index in [9.17, 15) is 35.1 Å². The van der Waals surface area contributed by atoms with Crippen molar-refractivity contribution < 1.29 is 29.0 Å². The maximum absolute atomic E-state index is 12.2. The van der Waals surface area contributed by atoms with E-state index in [2.05, 4.69) is 10.5 Å². The quantitative estimate of drug-likeness (QED) is 0.268. The first-order chi connectivity index (χ1) is 16.7. The van der Waals surface area contributed by atoms with Crippen molar-refractivity contribution in [2.24, 2.45) is 5.10 Å². The van der Waals surface area contributed by atoms with E-state index >= 15 is 0 Å². The number of hydrazone groups is 1. The van der Waals surface area contributed by atoms with Gasteiger partial charge in [0.25, 0.3) is 17.3 Å². The first kappa shape index (κ1) is 24.2. The van der Waals surface area contributed by atoms with E-state index in [1.807, 2.05) is 0 Å². The van der Waals surface area contributed by atoms with Crippen molar-refractivity contribution in [1.29, 1.82) is 0 Å². The number of nitro groups is 3. The topological polar surface area (TPSA) is 189 Å². The first-order valence-electron chi connectivity index (χ1n) is 9.56. The molecule has 0 fully saturated rings.